The third kappa shape index (κ3) is 3.00. The summed E-state index contributed by atoms with van der Waals surface area (Å²) < 4.78 is 24.8. The number of nitrogens with zero attached hydrogens (tertiary/aromatic N) is 1. The van der Waals surface area contributed by atoms with Crippen LogP contribution in [0.2, 0.25) is 5.02 Å². The maximum absolute atomic E-state index is 12.5. The number of fused-ring (bicyclic) bond motifs is 1. The van der Waals surface area contributed by atoms with Crippen LogP contribution in [0.3, 0.4) is 0 Å². The van der Waals surface area contributed by atoms with Crippen molar-refractivity contribution in [1.29, 1.82) is 0 Å². The zero-order valence-electron chi connectivity index (χ0n) is 12.4. The fraction of sp³-hybridized carbons (Fsp3) is 0.533. The lowest BCUT2D eigenvalue weighted by molar-refractivity contribution is -0.124. The van der Waals surface area contributed by atoms with Gasteiger partial charge in [-0.1, -0.05) is 17.7 Å². The van der Waals surface area contributed by atoms with E-state index in [1.54, 1.807) is 0 Å². The van der Waals surface area contributed by atoms with Gasteiger partial charge in [0, 0.05) is 11.6 Å². The number of nitrogens with one attached hydrogen (secondary N) is 1. The summed E-state index contributed by atoms with van der Waals surface area (Å²) in [4.78, 5) is 12.5. The number of sulfonamides is 1. The number of carbonyl (C=O) groups is 1. The Kier molecular flexibility index (Phi) is 4.18. The summed E-state index contributed by atoms with van der Waals surface area (Å²) in [5.74, 6) is -0.198. The minimum Gasteiger partial charge on any atom is -0.348 e. The lowest BCUT2D eigenvalue weighted by Crippen LogP contribution is -2.46. The first-order chi connectivity index (χ1) is 10.4. The first-order valence-electron chi connectivity index (χ1n) is 7.42. The number of hydrogen-bond acceptors (Lipinski definition) is 3. The highest BCUT2D eigenvalue weighted by Crippen LogP contribution is 2.33. The maximum atomic E-state index is 12.5. The number of benzene rings is 1. The van der Waals surface area contributed by atoms with Gasteiger partial charge in [-0.3, -0.25) is 4.79 Å². The molecule has 1 heterocycles. The molecule has 22 heavy (non-hydrogen) atoms. The SMILES string of the molecule is CS(=O)(=O)N1CCC[C@H]1C(=O)N[C@@H]1CCc2cc(Cl)ccc21. The van der Waals surface area contributed by atoms with Crippen molar-refractivity contribution in [2.24, 2.45) is 0 Å². The van der Waals surface area contributed by atoms with E-state index in [9.17, 15) is 13.2 Å². The number of hydrogen-bond donors (Lipinski definition) is 1. The molecule has 2 atom stereocenters. The Morgan fingerprint density at radius 3 is 2.86 bits per heavy atom. The van der Waals surface area contributed by atoms with Crippen LogP contribution in [0, 0.1) is 0 Å². The molecule has 1 aliphatic carbocycles. The molecule has 2 aliphatic rings. The van der Waals surface area contributed by atoms with E-state index < -0.39 is 16.1 Å². The predicted octanol–water partition coefficient (Wildman–Crippen LogP) is 1.87. The minimum atomic E-state index is -3.34. The standard InChI is InChI=1S/C15H19ClN2O3S/c1-22(20,21)18-8-2-3-14(18)15(19)17-13-7-4-10-9-11(16)5-6-12(10)13/h5-6,9,13-14H,2-4,7-8H2,1H3,(H,17,19)/t13-,14+/m1/s1. The van der Waals surface area contributed by atoms with E-state index in [2.05, 4.69) is 5.32 Å². The molecule has 0 aromatic heterocycles. The first kappa shape index (κ1) is 15.8. The number of halogens is 1. The Bertz CT molecular complexity index is 705. The van der Waals surface area contributed by atoms with Crippen LogP contribution in [0.1, 0.15) is 36.4 Å². The number of aryl methyl sites for hydroxylation is 1. The number of rotatable bonds is 3. The second-order valence-corrected chi connectivity index (χ2v) is 8.35. The molecule has 120 valence electrons. The zero-order chi connectivity index (χ0) is 15.9. The summed E-state index contributed by atoms with van der Waals surface area (Å²) in [5.41, 5.74) is 2.24. The quantitative estimate of drug-likeness (QED) is 0.911. The van der Waals surface area contributed by atoms with Crippen molar-refractivity contribution in [2.75, 3.05) is 12.8 Å². The fourth-order valence-electron chi connectivity index (χ4n) is 3.40. The summed E-state index contributed by atoms with van der Waals surface area (Å²) in [6, 6.07) is 5.07. The van der Waals surface area contributed by atoms with Crippen LogP contribution >= 0.6 is 11.6 Å². The molecule has 0 spiro atoms. The van der Waals surface area contributed by atoms with E-state index >= 15 is 0 Å². The Balaban J connectivity index is 1.74. The molecular formula is C15H19ClN2O3S. The molecule has 1 fully saturated rings. The average Bonchev–Trinajstić information content (AvgIpc) is 3.05. The van der Waals surface area contributed by atoms with E-state index in [0.717, 1.165) is 36.6 Å². The van der Waals surface area contributed by atoms with E-state index in [4.69, 9.17) is 11.6 Å². The Morgan fingerprint density at radius 1 is 1.36 bits per heavy atom. The Labute approximate surface area is 135 Å². The second-order valence-electron chi connectivity index (χ2n) is 5.97. The van der Waals surface area contributed by atoms with Crippen LogP contribution in [0.5, 0.6) is 0 Å². The van der Waals surface area contributed by atoms with Crippen molar-refractivity contribution in [2.45, 2.75) is 37.8 Å². The van der Waals surface area contributed by atoms with Gasteiger partial charge < -0.3 is 5.32 Å². The molecule has 1 saturated heterocycles. The smallest absolute Gasteiger partial charge is 0.238 e. The third-order valence-corrected chi connectivity index (χ3v) is 5.96. The third-order valence-electron chi connectivity index (χ3n) is 4.43. The highest BCUT2D eigenvalue weighted by atomic mass is 35.5. The predicted molar refractivity (Wildman–Crippen MR) is 85.2 cm³/mol. The molecule has 7 heteroatoms. The van der Waals surface area contributed by atoms with Crippen LogP contribution in [0.4, 0.5) is 0 Å². The van der Waals surface area contributed by atoms with Crippen LogP contribution in [0.15, 0.2) is 18.2 Å². The summed E-state index contributed by atoms with van der Waals surface area (Å²) in [6.07, 6.45) is 4.17. The minimum absolute atomic E-state index is 0.0539. The maximum Gasteiger partial charge on any atom is 0.238 e. The lowest BCUT2D eigenvalue weighted by Gasteiger charge is -2.23. The molecular weight excluding hydrogens is 324 g/mol. The number of amides is 1. The van der Waals surface area contributed by atoms with E-state index in [-0.39, 0.29) is 11.9 Å². The molecule has 1 N–H and O–H groups in total. The largest absolute Gasteiger partial charge is 0.348 e. The van der Waals surface area contributed by atoms with Gasteiger partial charge in [0.25, 0.3) is 0 Å². The van der Waals surface area contributed by atoms with Crippen LogP contribution in [-0.4, -0.2) is 37.5 Å². The molecule has 1 aliphatic heterocycles. The van der Waals surface area contributed by atoms with Crippen LogP contribution in [-0.2, 0) is 21.2 Å². The van der Waals surface area contributed by atoms with Gasteiger partial charge in [-0.25, -0.2) is 8.42 Å². The van der Waals surface area contributed by atoms with Gasteiger partial charge in [-0.05, 0) is 48.9 Å². The number of carbonyl (C=O) groups excluding carboxylic acids is 1. The Hall–Kier alpha value is -1.11. The van der Waals surface area contributed by atoms with Crippen molar-refractivity contribution in [3.05, 3.63) is 34.3 Å². The molecule has 3 rings (SSSR count). The molecule has 0 radical (unpaired) electrons. The van der Waals surface area contributed by atoms with Gasteiger partial charge in [-0.15, -0.1) is 0 Å². The molecule has 0 unspecified atom stereocenters. The summed E-state index contributed by atoms with van der Waals surface area (Å²) >= 11 is 5.99. The average molecular weight is 343 g/mol. The summed E-state index contributed by atoms with van der Waals surface area (Å²) in [6.45, 7) is 0.424. The van der Waals surface area contributed by atoms with Gasteiger partial charge in [-0.2, -0.15) is 4.31 Å². The summed E-state index contributed by atoms with van der Waals surface area (Å²) in [7, 11) is -3.34. The van der Waals surface area contributed by atoms with Crippen LogP contribution in [0.25, 0.3) is 0 Å². The van der Waals surface area contributed by atoms with E-state index in [1.165, 1.54) is 4.31 Å². The molecule has 1 aromatic rings. The van der Waals surface area contributed by atoms with Crippen molar-refractivity contribution in [3.8, 4) is 0 Å². The molecule has 1 amide bonds. The summed E-state index contributed by atoms with van der Waals surface area (Å²) in [5, 5.41) is 3.71. The van der Waals surface area contributed by atoms with Crippen molar-refractivity contribution in [3.63, 3.8) is 0 Å². The molecule has 1 aromatic carbocycles. The fourth-order valence-corrected chi connectivity index (χ4v) is 4.72. The van der Waals surface area contributed by atoms with Crippen molar-refractivity contribution >= 4 is 27.5 Å². The normalized spacial score (nSPS) is 25.2. The highest BCUT2D eigenvalue weighted by molar-refractivity contribution is 7.88. The van der Waals surface area contributed by atoms with Gasteiger partial charge >= 0.3 is 0 Å². The van der Waals surface area contributed by atoms with E-state index in [1.807, 2.05) is 18.2 Å². The second kappa shape index (κ2) is 5.83. The van der Waals surface area contributed by atoms with E-state index in [0.29, 0.717) is 18.0 Å². The highest BCUT2D eigenvalue weighted by Gasteiger charge is 2.37. The van der Waals surface area contributed by atoms with Crippen molar-refractivity contribution in [1.82, 2.24) is 9.62 Å². The monoisotopic (exact) mass is 342 g/mol. The van der Waals surface area contributed by atoms with Crippen LogP contribution < -0.4 is 5.32 Å². The molecule has 0 saturated carbocycles. The van der Waals surface area contributed by atoms with Gasteiger partial charge in [0.1, 0.15) is 6.04 Å². The first-order valence-corrected chi connectivity index (χ1v) is 9.64. The zero-order valence-corrected chi connectivity index (χ0v) is 14.0. The van der Waals surface area contributed by atoms with Gasteiger partial charge in [0.2, 0.25) is 15.9 Å². The lowest BCUT2D eigenvalue weighted by atomic mass is 10.1. The van der Waals surface area contributed by atoms with Gasteiger partial charge in [0.15, 0.2) is 0 Å². The Morgan fingerprint density at radius 2 is 2.14 bits per heavy atom. The molecule has 0 bridgehead atoms. The molecule has 5 nitrogen and oxygen atoms in total. The van der Waals surface area contributed by atoms with Crippen molar-refractivity contribution < 1.29 is 13.2 Å². The van der Waals surface area contributed by atoms with Gasteiger partial charge in [0.05, 0.1) is 12.3 Å². The topological polar surface area (TPSA) is 66.5 Å².